The van der Waals surface area contributed by atoms with Crippen molar-refractivity contribution in [2.45, 2.75) is 56.7 Å². The molecule has 0 bridgehead atoms. The summed E-state index contributed by atoms with van der Waals surface area (Å²) in [6.07, 6.45) is -0.105. The lowest BCUT2D eigenvalue weighted by atomic mass is 9.80. The van der Waals surface area contributed by atoms with Gasteiger partial charge < -0.3 is 9.84 Å². The summed E-state index contributed by atoms with van der Waals surface area (Å²) in [5.41, 5.74) is 2.38. The molecule has 4 unspecified atom stereocenters. The Balaban J connectivity index is 2.53. The zero-order chi connectivity index (χ0) is 18.7. The molecule has 0 saturated carbocycles. The van der Waals surface area contributed by atoms with Gasteiger partial charge in [-0.1, -0.05) is 87.2 Å². The number of ether oxygens (including phenoxy) is 1. The van der Waals surface area contributed by atoms with E-state index in [1.807, 2.05) is 31.2 Å². The van der Waals surface area contributed by atoms with Gasteiger partial charge in [0.1, 0.15) is 0 Å². The average Bonchev–Trinajstić information content (AvgIpc) is 2.59. The first kappa shape index (κ1) is 19.9. The van der Waals surface area contributed by atoms with Crippen LogP contribution in [-0.2, 0) is 4.74 Å². The second-order valence-corrected chi connectivity index (χ2v) is 13.7. The first-order chi connectivity index (χ1) is 11.7. The monoisotopic (exact) mass is 356 g/mol. The zero-order valence-corrected chi connectivity index (χ0v) is 17.4. The van der Waals surface area contributed by atoms with Gasteiger partial charge in [0.05, 0.1) is 19.4 Å². The Bertz CT molecular complexity index is 647. The molecule has 0 saturated heterocycles. The fraction of sp³-hybridized carbons (Fsp3) is 0.455. The molecule has 0 fully saturated rings. The predicted octanol–water partition coefficient (Wildman–Crippen LogP) is 5.22. The third-order valence-corrected chi connectivity index (χ3v) is 9.05. The molecule has 0 aromatic heterocycles. The summed E-state index contributed by atoms with van der Waals surface area (Å²) in [7, 11) is -0.117. The summed E-state index contributed by atoms with van der Waals surface area (Å²) in [6, 6.07) is 20.8. The van der Waals surface area contributed by atoms with Crippen molar-refractivity contribution >= 4 is 8.07 Å². The van der Waals surface area contributed by atoms with Crippen LogP contribution in [-0.4, -0.2) is 31.6 Å². The third kappa shape index (κ3) is 4.22. The van der Waals surface area contributed by atoms with Gasteiger partial charge in [-0.3, -0.25) is 0 Å². The molecule has 0 radical (unpaired) electrons. The van der Waals surface area contributed by atoms with E-state index >= 15 is 0 Å². The predicted molar refractivity (Wildman–Crippen MR) is 109 cm³/mol. The van der Waals surface area contributed by atoms with E-state index in [2.05, 4.69) is 63.0 Å². The molecular weight excluding hydrogens is 324 g/mol. The average molecular weight is 357 g/mol. The number of rotatable bonds is 7. The molecule has 3 heteroatoms. The van der Waals surface area contributed by atoms with Crippen LogP contribution in [0.5, 0.6) is 0 Å². The first-order valence-electron chi connectivity index (χ1n) is 9.05. The van der Waals surface area contributed by atoms with Crippen molar-refractivity contribution in [1.29, 1.82) is 0 Å². The summed E-state index contributed by atoms with van der Waals surface area (Å²) in [6.45, 7) is 10.9. The van der Waals surface area contributed by atoms with Gasteiger partial charge in [-0.25, -0.2) is 0 Å². The Labute approximate surface area is 153 Å². The lowest BCUT2D eigenvalue weighted by molar-refractivity contribution is -0.00827. The van der Waals surface area contributed by atoms with Crippen LogP contribution in [0.15, 0.2) is 60.7 Å². The van der Waals surface area contributed by atoms with Gasteiger partial charge in [-0.2, -0.15) is 0 Å². The van der Waals surface area contributed by atoms with E-state index in [4.69, 9.17) is 4.74 Å². The van der Waals surface area contributed by atoms with Crippen molar-refractivity contribution in [2.75, 3.05) is 7.11 Å². The number of benzene rings is 2. The maximum atomic E-state index is 11.6. The summed E-state index contributed by atoms with van der Waals surface area (Å²) in [5, 5.41) is 10.8. The van der Waals surface area contributed by atoms with Crippen LogP contribution in [0.3, 0.4) is 0 Å². The maximum Gasteiger partial charge on any atom is 0.0826 e. The van der Waals surface area contributed by atoms with Gasteiger partial charge in [-0.15, -0.1) is 0 Å². The number of hydrogen-bond donors (Lipinski definition) is 1. The smallest absolute Gasteiger partial charge is 0.0826 e. The maximum absolute atomic E-state index is 11.6. The lowest BCUT2D eigenvalue weighted by Gasteiger charge is -2.47. The summed E-state index contributed by atoms with van der Waals surface area (Å²) in [4.78, 5) is 0. The van der Waals surface area contributed by atoms with Crippen molar-refractivity contribution in [3.63, 3.8) is 0 Å². The van der Waals surface area contributed by atoms with E-state index < -0.39 is 13.3 Å². The highest BCUT2D eigenvalue weighted by Gasteiger charge is 2.49. The second kappa shape index (κ2) is 7.86. The first-order valence-corrected chi connectivity index (χ1v) is 12.5. The van der Waals surface area contributed by atoms with Crippen LogP contribution in [0.1, 0.15) is 36.8 Å². The second-order valence-electron chi connectivity index (χ2n) is 8.19. The van der Waals surface area contributed by atoms with Crippen LogP contribution in [0.25, 0.3) is 0 Å². The van der Waals surface area contributed by atoms with E-state index in [-0.39, 0.29) is 17.9 Å². The molecular formula is C22H32O2Si. The lowest BCUT2D eigenvalue weighted by Crippen LogP contribution is -2.57. The van der Waals surface area contributed by atoms with E-state index in [9.17, 15) is 5.11 Å². The number of hydrogen-bond acceptors (Lipinski definition) is 2. The Kier molecular flexibility index (Phi) is 6.25. The molecule has 4 atom stereocenters. The van der Waals surface area contributed by atoms with Gasteiger partial charge in [0, 0.05) is 18.9 Å². The molecule has 0 spiro atoms. The van der Waals surface area contributed by atoms with E-state index in [1.165, 1.54) is 5.56 Å². The molecule has 0 aliphatic carbocycles. The van der Waals surface area contributed by atoms with Crippen molar-refractivity contribution in [3.8, 4) is 0 Å². The largest absolute Gasteiger partial charge is 0.393 e. The van der Waals surface area contributed by atoms with Crippen molar-refractivity contribution < 1.29 is 9.84 Å². The van der Waals surface area contributed by atoms with Crippen LogP contribution in [0.4, 0.5) is 0 Å². The standard InChI is InChI=1S/C22H32O2Si/c1-17(18-13-9-7-10-14-18)21(24-3)20(19-15-11-8-12-16-19)22(2,23)25(4,5)6/h7-17,20-21,23H,1-6H3. The van der Waals surface area contributed by atoms with Crippen molar-refractivity contribution in [3.05, 3.63) is 71.8 Å². The van der Waals surface area contributed by atoms with Gasteiger partial charge in [-0.05, 0) is 18.1 Å². The van der Waals surface area contributed by atoms with Crippen LogP contribution < -0.4 is 0 Å². The highest BCUT2D eigenvalue weighted by Crippen LogP contribution is 2.43. The van der Waals surface area contributed by atoms with E-state index in [1.54, 1.807) is 7.11 Å². The third-order valence-electron chi connectivity index (χ3n) is 5.70. The fourth-order valence-electron chi connectivity index (χ4n) is 3.54. The zero-order valence-electron chi connectivity index (χ0n) is 16.4. The summed E-state index contributed by atoms with van der Waals surface area (Å²) < 4.78 is 6.03. The van der Waals surface area contributed by atoms with Gasteiger partial charge in [0.25, 0.3) is 0 Å². The molecule has 2 aromatic rings. The van der Waals surface area contributed by atoms with Crippen molar-refractivity contribution in [2.24, 2.45) is 0 Å². The molecule has 0 aliphatic rings. The van der Waals surface area contributed by atoms with Gasteiger partial charge in [0.15, 0.2) is 0 Å². The Morgan fingerprint density at radius 1 is 0.880 bits per heavy atom. The summed E-state index contributed by atoms with van der Waals surface area (Å²) in [5.74, 6) is 0.0970. The quantitative estimate of drug-likeness (QED) is 0.689. The highest BCUT2D eigenvalue weighted by atomic mass is 28.3. The highest BCUT2D eigenvalue weighted by molar-refractivity contribution is 6.79. The molecule has 2 aromatic carbocycles. The molecule has 2 rings (SSSR count). The summed E-state index contributed by atoms with van der Waals surface area (Å²) >= 11 is 0. The Hall–Kier alpha value is -1.42. The van der Waals surface area contributed by atoms with Crippen molar-refractivity contribution in [1.82, 2.24) is 0 Å². The number of aliphatic hydroxyl groups is 1. The normalized spacial score (nSPS) is 18.2. The molecule has 1 N–H and O–H groups in total. The molecule has 0 amide bonds. The molecule has 25 heavy (non-hydrogen) atoms. The van der Waals surface area contributed by atoms with Gasteiger partial charge >= 0.3 is 0 Å². The van der Waals surface area contributed by atoms with Gasteiger partial charge in [0.2, 0.25) is 0 Å². The van der Waals surface area contributed by atoms with Crippen LogP contribution in [0.2, 0.25) is 19.6 Å². The van der Waals surface area contributed by atoms with E-state index in [0.717, 1.165) is 5.56 Å². The van der Waals surface area contributed by atoms with E-state index in [0.29, 0.717) is 0 Å². The molecule has 2 nitrogen and oxygen atoms in total. The molecule has 0 aliphatic heterocycles. The van der Waals surface area contributed by atoms with Crippen LogP contribution >= 0.6 is 0 Å². The Morgan fingerprint density at radius 3 is 1.72 bits per heavy atom. The SMILES string of the molecule is COC(C(C)c1ccccc1)C(c1ccccc1)C(C)(O)[Si](C)(C)C. The fourth-order valence-corrected chi connectivity index (χ4v) is 4.80. The minimum Gasteiger partial charge on any atom is -0.393 e. The molecule has 136 valence electrons. The topological polar surface area (TPSA) is 29.5 Å². The molecule has 0 heterocycles. The van der Waals surface area contributed by atoms with Crippen LogP contribution in [0, 0.1) is 0 Å². The minimum absolute atomic E-state index is 0.0828. The number of methoxy groups -OCH3 is 1. The minimum atomic E-state index is -1.88. The Morgan fingerprint density at radius 2 is 1.32 bits per heavy atom.